The van der Waals surface area contributed by atoms with E-state index >= 15 is 0 Å². The third-order valence-corrected chi connectivity index (χ3v) is 6.73. The number of dihydropyridines is 1. The smallest absolute Gasteiger partial charge is 0.336 e. The van der Waals surface area contributed by atoms with Crippen molar-refractivity contribution in [2.75, 3.05) is 13.2 Å². The number of ether oxygens (including phenoxy) is 2. The number of hydrogen-bond donors (Lipinski definition) is 1. The van der Waals surface area contributed by atoms with Gasteiger partial charge in [0.05, 0.1) is 31.0 Å². The van der Waals surface area contributed by atoms with Crippen LogP contribution in [0.4, 0.5) is 0 Å². The Balaban J connectivity index is 1.85. The molecular weight excluding hydrogens is 430 g/mol. The van der Waals surface area contributed by atoms with Crippen LogP contribution in [0, 0.1) is 5.92 Å². The number of allylic oxidation sites excluding steroid dienone is 3. The van der Waals surface area contributed by atoms with Gasteiger partial charge in [-0.05, 0) is 50.8 Å². The molecule has 0 amide bonds. The van der Waals surface area contributed by atoms with Crippen LogP contribution in [0.5, 0.6) is 0 Å². The summed E-state index contributed by atoms with van der Waals surface area (Å²) >= 11 is 1.46. The molecule has 3 heterocycles. The highest BCUT2D eigenvalue weighted by molar-refractivity contribution is 7.10. The van der Waals surface area contributed by atoms with Crippen molar-refractivity contribution in [3.8, 4) is 0 Å². The van der Waals surface area contributed by atoms with Crippen molar-refractivity contribution in [3.05, 3.63) is 69.1 Å². The molecule has 2 aliphatic rings. The van der Waals surface area contributed by atoms with Crippen molar-refractivity contribution < 1.29 is 28.3 Å². The number of hydrogen-bond acceptors (Lipinski definition) is 8. The predicted molar refractivity (Wildman–Crippen MR) is 118 cm³/mol. The molecule has 0 unspecified atom stereocenters. The highest BCUT2D eigenvalue weighted by Gasteiger charge is 2.50. The van der Waals surface area contributed by atoms with Gasteiger partial charge in [0, 0.05) is 27.8 Å². The van der Waals surface area contributed by atoms with E-state index in [1.807, 2.05) is 17.5 Å². The SMILES string of the molecule is CCOC(=O)C1=C(C)NC2=C(C(=O)[C@H](C(=O)OCC)[C@H](c3ccco3)C2)[C@H]1c1cccs1. The minimum atomic E-state index is -1.05. The zero-order chi connectivity index (χ0) is 22.8. The Hall–Kier alpha value is -3.13. The molecule has 0 fully saturated rings. The average Bonchev–Trinajstić information content (AvgIpc) is 3.47. The van der Waals surface area contributed by atoms with Crippen LogP contribution in [0.15, 0.2) is 62.9 Å². The maximum Gasteiger partial charge on any atom is 0.336 e. The first-order valence-corrected chi connectivity index (χ1v) is 11.5. The van der Waals surface area contributed by atoms with E-state index in [1.165, 1.54) is 17.6 Å². The summed E-state index contributed by atoms with van der Waals surface area (Å²) in [5, 5.41) is 5.16. The number of thiophene rings is 1. The maximum absolute atomic E-state index is 13.9. The van der Waals surface area contributed by atoms with Crippen molar-refractivity contribution in [2.24, 2.45) is 5.92 Å². The summed E-state index contributed by atoms with van der Waals surface area (Å²) in [7, 11) is 0. The van der Waals surface area contributed by atoms with Crippen molar-refractivity contribution in [3.63, 3.8) is 0 Å². The minimum Gasteiger partial charge on any atom is -0.469 e. The number of carbonyl (C=O) groups is 3. The zero-order valence-corrected chi connectivity index (χ0v) is 19.0. The largest absolute Gasteiger partial charge is 0.469 e. The lowest BCUT2D eigenvalue weighted by Crippen LogP contribution is -2.43. The van der Waals surface area contributed by atoms with E-state index in [-0.39, 0.29) is 19.0 Å². The Bertz CT molecular complexity index is 1080. The lowest BCUT2D eigenvalue weighted by Gasteiger charge is -2.38. The van der Waals surface area contributed by atoms with Crippen LogP contribution in [-0.2, 0) is 23.9 Å². The molecule has 1 N–H and O–H groups in total. The Labute approximate surface area is 190 Å². The van der Waals surface area contributed by atoms with Crippen LogP contribution in [0.2, 0.25) is 0 Å². The molecule has 168 valence electrons. The molecule has 3 atom stereocenters. The van der Waals surface area contributed by atoms with Gasteiger partial charge in [-0.2, -0.15) is 0 Å². The molecule has 0 aromatic carbocycles. The van der Waals surface area contributed by atoms with Gasteiger partial charge in [0.15, 0.2) is 5.78 Å². The van der Waals surface area contributed by atoms with E-state index in [9.17, 15) is 14.4 Å². The highest BCUT2D eigenvalue weighted by Crippen LogP contribution is 2.48. The summed E-state index contributed by atoms with van der Waals surface area (Å²) in [5.74, 6) is -3.01. The third kappa shape index (κ3) is 3.79. The monoisotopic (exact) mass is 455 g/mol. The summed E-state index contributed by atoms with van der Waals surface area (Å²) in [5.41, 5.74) is 2.14. The number of rotatable bonds is 6. The summed E-state index contributed by atoms with van der Waals surface area (Å²) < 4.78 is 16.2. The highest BCUT2D eigenvalue weighted by atomic mass is 32.1. The molecule has 2 aromatic heterocycles. The van der Waals surface area contributed by atoms with Gasteiger partial charge in [-0.1, -0.05) is 6.07 Å². The fraction of sp³-hybridized carbons (Fsp3) is 0.375. The Morgan fingerprint density at radius 3 is 2.59 bits per heavy atom. The van der Waals surface area contributed by atoms with Crippen LogP contribution in [0.25, 0.3) is 0 Å². The maximum atomic E-state index is 13.9. The van der Waals surface area contributed by atoms with Gasteiger partial charge in [0.25, 0.3) is 0 Å². The lowest BCUT2D eigenvalue weighted by atomic mass is 9.69. The summed E-state index contributed by atoms with van der Waals surface area (Å²) in [6.07, 6.45) is 1.91. The first-order valence-electron chi connectivity index (χ1n) is 10.6. The number of carbonyl (C=O) groups excluding carboxylic acids is 3. The third-order valence-electron chi connectivity index (χ3n) is 5.79. The predicted octanol–water partition coefficient (Wildman–Crippen LogP) is 4.06. The van der Waals surface area contributed by atoms with Crippen molar-refractivity contribution in [1.29, 1.82) is 0 Å². The molecule has 7 nitrogen and oxygen atoms in total. The second-order valence-corrected chi connectivity index (χ2v) is 8.62. The van der Waals surface area contributed by atoms with Gasteiger partial charge in [0.2, 0.25) is 0 Å². The number of nitrogens with one attached hydrogen (secondary N) is 1. The van der Waals surface area contributed by atoms with Crippen LogP contribution in [0.3, 0.4) is 0 Å². The van der Waals surface area contributed by atoms with Gasteiger partial charge < -0.3 is 19.2 Å². The standard InChI is InChI=1S/C24H25NO6S/c1-4-29-23(27)18-13(3)25-15-12-14(16-8-6-10-31-16)19(24(28)30-5-2)22(26)20(15)21(18)17-9-7-11-32-17/h6-11,14,19,21,25H,4-5,12H2,1-3H3/t14-,19+,21-/m0/s1. The second kappa shape index (κ2) is 9.16. The second-order valence-electron chi connectivity index (χ2n) is 7.64. The Morgan fingerprint density at radius 1 is 1.19 bits per heavy atom. The Morgan fingerprint density at radius 2 is 1.97 bits per heavy atom. The molecule has 32 heavy (non-hydrogen) atoms. The van der Waals surface area contributed by atoms with Crippen LogP contribution >= 0.6 is 11.3 Å². The van der Waals surface area contributed by atoms with E-state index in [4.69, 9.17) is 13.9 Å². The number of furan rings is 1. The number of ketones is 1. The fourth-order valence-corrected chi connectivity index (χ4v) is 5.37. The molecule has 4 rings (SSSR count). The van der Waals surface area contributed by atoms with Crippen LogP contribution in [0.1, 0.15) is 49.7 Å². The van der Waals surface area contributed by atoms with Gasteiger partial charge in [-0.25, -0.2) is 4.79 Å². The lowest BCUT2D eigenvalue weighted by molar-refractivity contribution is -0.152. The molecule has 1 aliphatic heterocycles. The fourth-order valence-electron chi connectivity index (χ4n) is 4.53. The van der Waals surface area contributed by atoms with E-state index in [0.717, 1.165) is 4.88 Å². The van der Waals surface area contributed by atoms with Gasteiger partial charge in [-0.3, -0.25) is 9.59 Å². The van der Waals surface area contributed by atoms with Crippen molar-refractivity contribution >= 4 is 29.1 Å². The minimum absolute atomic E-state index is 0.166. The van der Waals surface area contributed by atoms with Gasteiger partial charge >= 0.3 is 11.9 Å². The number of esters is 2. The van der Waals surface area contributed by atoms with E-state index in [1.54, 1.807) is 32.9 Å². The molecule has 0 bridgehead atoms. The molecule has 2 aromatic rings. The topological polar surface area (TPSA) is 94.8 Å². The molecule has 8 heteroatoms. The zero-order valence-electron chi connectivity index (χ0n) is 18.2. The first-order chi connectivity index (χ1) is 15.5. The quantitative estimate of drug-likeness (QED) is 0.519. The molecule has 0 saturated heterocycles. The first kappa shape index (κ1) is 22.1. The van der Waals surface area contributed by atoms with E-state index < -0.39 is 29.7 Å². The van der Waals surface area contributed by atoms with Crippen LogP contribution in [-0.4, -0.2) is 30.9 Å². The molecule has 1 aliphatic carbocycles. The summed E-state index contributed by atoms with van der Waals surface area (Å²) in [4.78, 5) is 40.6. The van der Waals surface area contributed by atoms with Gasteiger partial charge in [0.1, 0.15) is 11.7 Å². The van der Waals surface area contributed by atoms with Gasteiger partial charge in [-0.15, -0.1) is 11.3 Å². The summed E-state index contributed by atoms with van der Waals surface area (Å²) in [6.45, 7) is 5.64. The molecular formula is C24H25NO6S. The molecule has 0 saturated carbocycles. The molecule has 0 radical (unpaired) electrons. The summed E-state index contributed by atoms with van der Waals surface area (Å²) in [6, 6.07) is 7.27. The molecule has 0 spiro atoms. The normalized spacial score (nSPS) is 23.0. The number of Topliss-reactive ketones (excluding diaryl/α,β-unsaturated/α-hetero) is 1. The average molecular weight is 456 g/mol. The van der Waals surface area contributed by atoms with Crippen molar-refractivity contribution in [2.45, 2.75) is 39.0 Å². The van der Waals surface area contributed by atoms with E-state index in [0.29, 0.717) is 34.7 Å². The van der Waals surface area contributed by atoms with E-state index in [2.05, 4.69) is 5.32 Å². The Kier molecular flexibility index (Phi) is 6.32. The van der Waals surface area contributed by atoms with Crippen molar-refractivity contribution in [1.82, 2.24) is 5.32 Å². The van der Waals surface area contributed by atoms with Crippen LogP contribution < -0.4 is 5.32 Å².